The third-order valence-corrected chi connectivity index (χ3v) is 5.50. The smallest absolute Gasteiger partial charge is 0.200 e. The standard InChI is InChI=1S/C24H34N4O3.HI/c1-5-25-24(26-16-18-13-21(30-3)23(29)22(14-18)31-4)27-17(2)19-9-8-10-20(15-19)28-11-6-7-12-28;/h8-10,13-15,17,29H,5-7,11-12,16H2,1-4H3,(H2,25,26,27);1H. The van der Waals surface area contributed by atoms with Crippen LogP contribution in [0, 0.1) is 0 Å². The summed E-state index contributed by atoms with van der Waals surface area (Å²) in [7, 11) is 3.04. The maximum absolute atomic E-state index is 10.1. The zero-order chi connectivity index (χ0) is 22.2. The molecule has 1 heterocycles. The van der Waals surface area contributed by atoms with Gasteiger partial charge < -0.3 is 30.1 Å². The number of hydrogen-bond acceptors (Lipinski definition) is 5. The summed E-state index contributed by atoms with van der Waals surface area (Å²) in [6, 6.07) is 12.4. The average Bonchev–Trinajstić information content (AvgIpc) is 3.33. The van der Waals surface area contributed by atoms with Crippen molar-refractivity contribution in [1.29, 1.82) is 0 Å². The van der Waals surface area contributed by atoms with Crippen LogP contribution in [0.2, 0.25) is 0 Å². The van der Waals surface area contributed by atoms with Crippen molar-refractivity contribution in [3.63, 3.8) is 0 Å². The summed E-state index contributed by atoms with van der Waals surface area (Å²) >= 11 is 0. The minimum Gasteiger partial charge on any atom is -0.502 e. The van der Waals surface area contributed by atoms with Gasteiger partial charge in [-0.3, -0.25) is 0 Å². The highest BCUT2D eigenvalue weighted by Crippen LogP contribution is 2.37. The Morgan fingerprint density at radius 2 is 1.78 bits per heavy atom. The number of phenolic OH excluding ortho intramolecular Hbond substituents is 1. The second-order valence-corrected chi connectivity index (χ2v) is 7.70. The highest BCUT2D eigenvalue weighted by molar-refractivity contribution is 14.0. The lowest BCUT2D eigenvalue weighted by Crippen LogP contribution is -2.38. The van der Waals surface area contributed by atoms with E-state index in [-0.39, 0.29) is 35.8 Å². The van der Waals surface area contributed by atoms with Crippen LogP contribution in [0.1, 0.15) is 43.9 Å². The summed E-state index contributed by atoms with van der Waals surface area (Å²) in [5.41, 5.74) is 3.39. The second-order valence-electron chi connectivity index (χ2n) is 7.70. The van der Waals surface area contributed by atoms with Crippen molar-refractivity contribution in [3.05, 3.63) is 47.5 Å². The topological polar surface area (TPSA) is 78.4 Å². The number of nitrogens with one attached hydrogen (secondary N) is 2. The number of aliphatic imine (C=N–C) groups is 1. The number of benzene rings is 2. The molecule has 1 unspecified atom stereocenters. The van der Waals surface area contributed by atoms with Crippen molar-refractivity contribution in [2.24, 2.45) is 4.99 Å². The number of phenols is 1. The van der Waals surface area contributed by atoms with Gasteiger partial charge in [0.05, 0.1) is 26.8 Å². The molecule has 3 rings (SSSR count). The number of ether oxygens (including phenoxy) is 2. The first-order valence-corrected chi connectivity index (χ1v) is 10.9. The third kappa shape index (κ3) is 6.57. The van der Waals surface area contributed by atoms with Crippen molar-refractivity contribution in [2.75, 3.05) is 38.8 Å². The number of nitrogens with zero attached hydrogens (tertiary/aromatic N) is 2. The predicted octanol–water partition coefficient (Wildman–Crippen LogP) is 4.44. The van der Waals surface area contributed by atoms with Gasteiger partial charge in [0, 0.05) is 25.3 Å². The van der Waals surface area contributed by atoms with Gasteiger partial charge in [0.25, 0.3) is 0 Å². The molecule has 0 amide bonds. The number of halogens is 1. The Balaban J connectivity index is 0.00000363. The monoisotopic (exact) mass is 554 g/mol. The van der Waals surface area contributed by atoms with E-state index in [4.69, 9.17) is 14.5 Å². The minimum absolute atomic E-state index is 0. The van der Waals surface area contributed by atoms with Gasteiger partial charge >= 0.3 is 0 Å². The molecule has 0 spiro atoms. The zero-order valence-corrected chi connectivity index (χ0v) is 21.7. The fourth-order valence-corrected chi connectivity index (χ4v) is 3.78. The number of anilines is 1. The lowest BCUT2D eigenvalue weighted by atomic mass is 10.1. The Morgan fingerprint density at radius 1 is 1.12 bits per heavy atom. The summed E-state index contributed by atoms with van der Waals surface area (Å²) in [4.78, 5) is 7.17. The number of aromatic hydroxyl groups is 1. The van der Waals surface area contributed by atoms with Gasteiger partial charge in [0.15, 0.2) is 17.5 Å². The molecule has 1 saturated heterocycles. The van der Waals surface area contributed by atoms with E-state index in [0.717, 1.165) is 31.2 Å². The Morgan fingerprint density at radius 3 is 2.38 bits per heavy atom. The molecular weight excluding hydrogens is 519 g/mol. The summed E-state index contributed by atoms with van der Waals surface area (Å²) in [6.45, 7) is 7.63. The molecule has 0 aromatic heterocycles. The summed E-state index contributed by atoms with van der Waals surface area (Å²) in [6.07, 6.45) is 2.53. The first-order valence-electron chi connectivity index (χ1n) is 10.9. The normalized spacial score (nSPS) is 14.5. The first kappa shape index (κ1) is 25.9. The van der Waals surface area contributed by atoms with E-state index in [0.29, 0.717) is 18.0 Å². The van der Waals surface area contributed by atoms with E-state index in [1.807, 2.05) is 6.92 Å². The molecule has 0 radical (unpaired) electrons. The van der Waals surface area contributed by atoms with E-state index >= 15 is 0 Å². The molecule has 0 aliphatic carbocycles. The molecule has 0 bridgehead atoms. The Bertz CT molecular complexity index is 876. The van der Waals surface area contributed by atoms with E-state index in [1.54, 1.807) is 12.1 Å². The number of hydrogen-bond donors (Lipinski definition) is 3. The van der Waals surface area contributed by atoms with Crippen molar-refractivity contribution in [2.45, 2.75) is 39.3 Å². The fourth-order valence-electron chi connectivity index (χ4n) is 3.78. The molecule has 1 aliphatic heterocycles. The van der Waals surface area contributed by atoms with Gasteiger partial charge in [-0.05, 0) is 62.1 Å². The summed E-state index contributed by atoms with van der Waals surface area (Å²) in [5, 5.41) is 16.9. The predicted molar refractivity (Wildman–Crippen MR) is 141 cm³/mol. The molecule has 176 valence electrons. The van der Waals surface area contributed by atoms with Crippen LogP contribution in [0.25, 0.3) is 0 Å². The largest absolute Gasteiger partial charge is 0.502 e. The summed E-state index contributed by atoms with van der Waals surface area (Å²) < 4.78 is 10.5. The maximum Gasteiger partial charge on any atom is 0.200 e. The van der Waals surface area contributed by atoms with Crippen LogP contribution < -0.4 is 25.0 Å². The van der Waals surface area contributed by atoms with E-state index in [1.165, 1.54) is 38.3 Å². The van der Waals surface area contributed by atoms with Crippen molar-refractivity contribution < 1.29 is 14.6 Å². The highest BCUT2D eigenvalue weighted by Gasteiger charge is 2.15. The van der Waals surface area contributed by atoms with E-state index in [2.05, 4.69) is 46.7 Å². The molecule has 1 atom stereocenters. The Kier molecular flexibility index (Phi) is 10.2. The second kappa shape index (κ2) is 12.6. The SMILES string of the molecule is CCNC(=NCc1cc(OC)c(O)c(OC)c1)NC(C)c1cccc(N2CCCC2)c1.I. The van der Waals surface area contributed by atoms with Gasteiger partial charge in [-0.1, -0.05) is 12.1 Å². The first-order chi connectivity index (χ1) is 15.0. The average molecular weight is 554 g/mol. The molecule has 2 aromatic rings. The molecule has 3 N–H and O–H groups in total. The lowest BCUT2D eigenvalue weighted by molar-refractivity contribution is 0.339. The highest BCUT2D eigenvalue weighted by atomic mass is 127. The van der Waals surface area contributed by atoms with Crippen LogP contribution in [-0.4, -0.2) is 44.9 Å². The number of rotatable bonds is 8. The maximum atomic E-state index is 10.1. The fraction of sp³-hybridized carbons (Fsp3) is 0.458. The molecule has 1 aliphatic rings. The van der Waals surface area contributed by atoms with E-state index in [9.17, 15) is 5.11 Å². The van der Waals surface area contributed by atoms with Gasteiger partial charge in [0.1, 0.15) is 0 Å². The quantitative estimate of drug-likeness (QED) is 0.255. The third-order valence-electron chi connectivity index (χ3n) is 5.50. The van der Waals surface area contributed by atoms with Crippen LogP contribution in [0.5, 0.6) is 17.2 Å². The van der Waals surface area contributed by atoms with E-state index < -0.39 is 0 Å². The van der Waals surface area contributed by atoms with Crippen molar-refractivity contribution in [1.82, 2.24) is 10.6 Å². The van der Waals surface area contributed by atoms with Gasteiger partial charge in [0.2, 0.25) is 5.75 Å². The Labute approximate surface area is 208 Å². The van der Waals surface area contributed by atoms with Crippen LogP contribution in [0.15, 0.2) is 41.4 Å². The van der Waals surface area contributed by atoms with Crippen LogP contribution in [0.3, 0.4) is 0 Å². The number of methoxy groups -OCH3 is 2. The van der Waals surface area contributed by atoms with Crippen LogP contribution in [0.4, 0.5) is 5.69 Å². The van der Waals surface area contributed by atoms with Crippen molar-refractivity contribution in [3.8, 4) is 17.2 Å². The minimum atomic E-state index is -0.00531. The zero-order valence-electron chi connectivity index (χ0n) is 19.4. The van der Waals surface area contributed by atoms with Gasteiger partial charge in [-0.15, -0.1) is 24.0 Å². The van der Waals surface area contributed by atoms with Crippen molar-refractivity contribution >= 4 is 35.6 Å². The molecule has 0 saturated carbocycles. The Hall–Kier alpha value is -2.36. The lowest BCUT2D eigenvalue weighted by Gasteiger charge is -2.22. The number of guanidine groups is 1. The summed E-state index contributed by atoms with van der Waals surface area (Å²) in [5.74, 6) is 1.46. The molecular formula is C24H35IN4O3. The van der Waals surface area contributed by atoms with Crippen LogP contribution in [-0.2, 0) is 6.54 Å². The molecule has 1 fully saturated rings. The van der Waals surface area contributed by atoms with Crippen LogP contribution >= 0.6 is 24.0 Å². The molecule has 8 heteroatoms. The van der Waals surface area contributed by atoms with Gasteiger partial charge in [-0.25, -0.2) is 4.99 Å². The molecule has 32 heavy (non-hydrogen) atoms. The molecule has 2 aromatic carbocycles. The van der Waals surface area contributed by atoms with Gasteiger partial charge in [-0.2, -0.15) is 0 Å². The molecule has 7 nitrogen and oxygen atoms in total.